The molecule has 94 valence electrons. The Hall–Kier alpha value is -1.07. The zero-order valence-corrected chi connectivity index (χ0v) is 10.7. The van der Waals surface area contributed by atoms with E-state index in [-0.39, 0.29) is 10.6 Å². The van der Waals surface area contributed by atoms with Crippen molar-refractivity contribution < 1.29 is 13.5 Å². The molecule has 1 saturated heterocycles. The first-order valence-corrected chi connectivity index (χ1v) is 7.27. The van der Waals surface area contributed by atoms with Gasteiger partial charge in [-0.05, 0) is 30.5 Å². The summed E-state index contributed by atoms with van der Waals surface area (Å²) in [6, 6.07) is 5.84. The molecule has 1 unspecified atom stereocenters. The molecule has 0 spiro atoms. The van der Waals surface area contributed by atoms with Crippen molar-refractivity contribution in [3.63, 3.8) is 0 Å². The lowest BCUT2D eigenvalue weighted by Crippen LogP contribution is -2.28. The molecule has 2 rings (SSSR count). The molecule has 1 aromatic rings. The van der Waals surface area contributed by atoms with Gasteiger partial charge in [0, 0.05) is 13.1 Å². The van der Waals surface area contributed by atoms with Crippen LogP contribution in [-0.2, 0) is 10.0 Å². The van der Waals surface area contributed by atoms with E-state index in [4.69, 9.17) is 0 Å². The average Bonchev–Trinajstić information content (AvgIpc) is 2.78. The minimum absolute atomic E-state index is 0.0164. The second kappa shape index (κ2) is 4.66. The molecular weight excluding hydrogens is 238 g/mol. The van der Waals surface area contributed by atoms with Crippen LogP contribution in [-0.4, -0.2) is 30.9 Å². The fraction of sp³-hybridized carbons (Fsp3) is 0.500. The Morgan fingerprint density at radius 3 is 2.82 bits per heavy atom. The molecule has 1 heterocycles. The zero-order valence-electron chi connectivity index (χ0n) is 9.83. The van der Waals surface area contributed by atoms with Gasteiger partial charge in [-0.25, -0.2) is 8.42 Å². The van der Waals surface area contributed by atoms with E-state index in [0.29, 0.717) is 19.0 Å². The largest absolute Gasteiger partial charge is 0.508 e. The third-order valence-electron chi connectivity index (χ3n) is 3.28. The first kappa shape index (κ1) is 12.4. The van der Waals surface area contributed by atoms with Crippen molar-refractivity contribution in [2.45, 2.75) is 24.7 Å². The summed E-state index contributed by atoms with van der Waals surface area (Å²) < 4.78 is 26.0. The number of nitrogens with zero attached hydrogens (tertiary/aromatic N) is 1. The Kier molecular flexibility index (Phi) is 3.40. The highest BCUT2D eigenvalue weighted by molar-refractivity contribution is 7.89. The van der Waals surface area contributed by atoms with Crippen LogP contribution >= 0.6 is 0 Å². The zero-order chi connectivity index (χ0) is 12.5. The highest BCUT2D eigenvalue weighted by Gasteiger charge is 2.31. The van der Waals surface area contributed by atoms with Gasteiger partial charge in [-0.1, -0.05) is 19.4 Å². The van der Waals surface area contributed by atoms with E-state index in [9.17, 15) is 13.5 Å². The molecule has 5 heteroatoms. The fourth-order valence-corrected chi connectivity index (χ4v) is 3.71. The van der Waals surface area contributed by atoms with Gasteiger partial charge < -0.3 is 5.11 Å². The van der Waals surface area contributed by atoms with Crippen molar-refractivity contribution in [2.75, 3.05) is 13.1 Å². The standard InChI is InChI=1S/C12H17NO3S/c1-2-10-6-7-13(9-10)17(15,16)12-5-3-4-11(14)8-12/h3-5,8,10,14H,2,6-7,9H2,1H3. The number of phenolic OH excluding ortho intramolecular Hbond substituents is 1. The van der Waals surface area contributed by atoms with Gasteiger partial charge in [0.25, 0.3) is 0 Å². The number of hydrogen-bond acceptors (Lipinski definition) is 3. The van der Waals surface area contributed by atoms with Gasteiger partial charge in [0.15, 0.2) is 0 Å². The molecule has 1 aromatic carbocycles. The van der Waals surface area contributed by atoms with Gasteiger partial charge in [0.1, 0.15) is 5.75 Å². The molecule has 1 N–H and O–H groups in total. The van der Waals surface area contributed by atoms with E-state index in [1.807, 2.05) is 0 Å². The van der Waals surface area contributed by atoms with Gasteiger partial charge in [0.05, 0.1) is 4.90 Å². The number of rotatable bonds is 3. The van der Waals surface area contributed by atoms with Crippen LogP contribution in [0, 0.1) is 5.92 Å². The molecule has 1 aliphatic rings. The van der Waals surface area contributed by atoms with Crippen molar-refractivity contribution in [1.82, 2.24) is 4.31 Å². The number of phenols is 1. The lowest BCUT2D eigenvalue weighted by molar-refractivity contribution is 0.450. The van der Waals surface area contributed by atoms with Crippen molar-refractivity contribution >= 4 is 10.0 Å². The maximum absolute atomic E-state index is 12.3. The second-order valence-electron chi connectivity index (χ2n) is 4.42. The van der Waals surface area contributed by atoms with Crippen molar-refractivity contribution in [3.05, 3.63) is 24.3 Å². The van der Waals surface area contributed by atoms with Gasteiger partial charge in [-0.2, -0.15) is 4.31 Å². The molecule has 0 aliphatic carbocycles. The van der Waals surface area contributed by atoms with E-state index in [0.717, 1.165) is 12.8 Å². The predicted octanol–water partition coefficient (Wildman–Crippen LogP) is 1.81. The molecule has 0 saturated carbocycles. The molecule has 1 atom stereocenters. The van der Waals surface area contributed by atoms with Crippen LogP contribution < -0.4 is 0 Å². The van der Waals surface area contributed by atoms with Crippen LogP contribution in [0.15, 0.2) is 29.2 Å². The van der Waals surface area contributed by atoms with Crippen LogP contribution in [0.5, 0.6) is 5.75 Å². The van der Waals surface area contributed by atoms with E-state index in [2.05, 4.69) is 6.92 Å². The summed E-state index contributed by atoms with van der Waals surface area (Å²) in [7, 11) is -3.43. The monoisotopic (exact) mass is 255 g/mol. The molecule has 4 nitrogen and oxygen atoms in total. The molecule has 1 aliphatic heterocycles. The van der Waals surface area contributed by atoms with Crippen molar-refractivity contribution in [3.8, 4) is 5.75 Å². The van der Waals surface area contributed by atoms with E-state index in [1.54, 1.807) is 6.07 Å². The molecular formula is C12H17NO3S. The Labute approximate surface area is 102 Å². The van der Waals surface area contributed by atoms with Crippen molar-refractivity contribution in [2.24, 2.45) is 5.92 Å². The summed E-state index contributed by atoms with van der Waals surface area (Å²) in [5.74, 6) is 0.444. The number of aromatic hydroxyl groups is 1. The van der Waals surface area contributed by atoms with E-state index >= 15 is 0 Å². The summed E-state index contributed by atoms with van der Waals surface area (Å²) >= 11 is 0. The fourth-order valence-electron chi connectivity index (χ4n) is 2.14. The second-order valence-corrected chi connectivity index (χ2v) is 6.36. The average molecular weight is 255 g/mol. The quantitative estimate of drug-likeness (QED) is 0.896. The van der Waals surface area contributed by atoms with E-state index < -0.39 is 10.0 Å². The van der Waals surface area contributed by atoms with Crippen LogP contribution in [0.4, 0.5) is 0 Å². The summed E-state index contributed by atoms with van der Waals surface area (Å²) in [4.78, 5) is 0.175. The third kappa shape index (κ3) is 2.45. The van der Waals surface area contributed by atoms with Gasteiger partial charge in [0.2, 0.25) is 10.0 Å². The lowest BCUT2D eigenvalue weighted by atomic mass is 10.1. The molecule has 0 radical (unpaired) electrons. The van der Waals surface area contributed by atoms with Crippen LogP contribution in [0.3, 0.4) is 0 Å². The Morgan fingerprint density at radius 2 is 2.24 bits per heavy atom. The van der Waals surface area contributed by atoms with Gasteiger partial charge in [-0.3, -0.25) is 0 Å². The Balaban J connectivity index is 2.25. The summed E-state index contributed by atoms with van der Waals surface area (Å²) in [6.07, 6.45) is 1.93. The summed E-state index contributed by atoms with van der Waals surface area (Å²) in [5, 5.41) is 9.33. The van der Waals surface area contributed by atoms with Crippen LogP contribution in [0.25, 0.3) is 0 Å². The van der Waals surface area contributed by atoms with Crippen LogP contribution in [0.1, 0.15) is 19.8 Å². The SMILES string of the molecule is CCC1CCN(S(=O)(=O)c2cccc(O)c2)C1. The summed E-state index contributed by atoms with van der Waals surface area (Å²) in [6.45, 7) is 3.25. The van der Waals surface area contributed by atoms with Crippen LogP contribution in [0.2, 0.25) is 0 Å². The number of hydrogen-bond donors (Lipinski definition) is 1. The number of benzene rings is 1. The Bertz CT molecular complexity index is 498. The Morgan fingerprint density at radius 1 is 1.47 bits per heavy atom. The van der Waals surface area contributed by atoms with Crippen molar-refractivity contribution in [1.29, 1.82) is 0 Å². The molecule has 0 aromatic heterocycles. The predicted molar refractivity (Wildman–Crippen MR) is 65.3 cm³/mol. The molecule has 0 bridgehead atoms. The first-order valence-electron chi connectivity index (χ1n) is 5.83. The highest BCUT2D eigenvalue weighted by atomic mass is 32.2. The number of sulfonamides is 1. The van der Waals surface area contributed by atoms with E-state index in [1.165, 1.54) is 22.5 Å². The normalized spacial score (nSPS) is 21.8. The minimum Gasteiger partial charge on any atom is -0.508 e. The first-order chi connectivity index (χ1) is 8.04. The molecule has 17 heavy (non-hydrogen) atoms. The minimum atomic E-state index is -3.43. The van der Waals surface area contributed by atoms with Gasteiger partial charge >= 0.3 is 0 Å². The molecule has 0 amide bonds. The maximum Gasteiger partial charge on any atom is 0.243 e. The third-order valence-corrected chi connectivity index (χ3v) is 5.14. The maximum atomic E-state index is 12.3. The molecule has 1 fully saturated rings. The highest BCUT2D eigenvalue weighted by Crippen LogP contribution is 2.27. The topological polar surface area (TPSA) is 57.6 Å². The summed E-state index contributed by atoms with van der Waals surface area (Å²) in [5.41, 5.74) is 0. The smallest absolute Gasteiger partial charge is 0.243 e. The van der Waals surface area contributed by atoms with Gasteiger partial charge in [-0.15, -0.1) is 0 Å². The lowest BCUT2D eigenvalue weighted by Gasteiger charge is -2.16.